The summed E-state index contributed by atoms with van der Waals surface area (Å²) in [5.74, 6) is 0.0765. The molecule has 3 rings (SSSR count). The molecule has 0 radical (unpaired) electrons. The first-order valence-electron chi connectivity index (χ1n) is 8.23. The predicted octanol–water partition coefficient (Wildman–Crippen LogP) is 1.21. The number of rotatable bonds is 4. The third-order valence-corrected chi connectivity index (χ3v) is 4.26. The van der Waals surface area contributed by atoms with Gasteiger partial charge < -0.3 is 15.1 Å². The molecule has 2 aliphatic rings. The van der Waals surface area contributed by atoms with Crippen LogP contribution in [-0.4, -0.2) is 52.6 Å². The van der Waals surface area contributed by atoms with E-state index in [9.17, 15) is 9.59 Å². The van der Waals surface area contributed by atoms with Gasteiger partial charge in [-0.1, -0.05) is 25.1 Å². The summed E-state index contributed by atoms with van der Waals surface area (Å²) in [6, 6.07) is 5.26. The number of likely N-dealkylation sites (tertiary alicyclic amines) is 1. The smallest absolute Gasteiger partial charge is 0.272 e. The molecular weight excluding hydrogens is 308 g/mol. The van der Waals surface area contributed by atoms with Crippen LogP contribution in [0.3, 0.4) is 0 Å². The molecule has 1 aromatic rings. The Labute approximate surface area is 141 Å². The maximum atomic E-state index is 12.5. The van der Waals surface area contributed by atoms with Gasteiger partial charge in [0.2, 0.25) is 0 Å². The van der Waals surface area contributed by atoms with Crippen molar-refractivity contribution in [2.24, 2.45) is 11.1 Å². The Morgan fingerprint density at radius 3 is 2.96 bits per heavy atom. The van der Waals surface area contributed by atoms with E-state index in [4.69, 9.17) is 4.84 Å². The summed E-state index contributed by atoms with van der Waals surface area (Å²) in [4.78, 5) is 36.0. The highest BCUT2D eigenvalue weighted by atomic mass is 16.7. The Morgan fingerprint density at radius 2 is 2.25 bits per heavy atom. The van der Waals surface area contributed by atoms with Crippen LogP contribution < -0.4 is 5.32 Å². The average molecular weight is 330 g/mol. The van der Waals surface area contributed by atoms with Crippen molar-refractivity contribution < 1.29 is 14.4 Å². The first-order valence-corrected chi connectivity index (χ1v) is 8.23. The topological polar surface area (TPSA) is 83.9 Å². The molecule has 0 saturated carbocycles. The van der Waals surface area contributed by atoms with Crippen molar-refractivity contribution in [1.29, 1.82) is 0 Å². The number of pyridine rings is 1. The van der Waals surface area contributed by atoms with Gasteiger partial charge >= 0.3 is 0 Å². The molecule has 7 heteroatoms. The van der Waals surface area contributed by atoms with Crippen LogP contribution in [0.2, 0.25) is 0 Å². The largest absolute Gasteiger partial charge is 0.386 e. The van der Waals surface area contributed by atoms with E-state index in [1.54, 1.807) is 29.3 Å². The minimum absolute atomic E-state index is 0.117. The van der Waals surface area contributed by atoms with Gasteiger partial charge in [0.25, 0.3) is 11.8 Å². The summed E-state index contributed by atoms with van der Waals surface area (Å²) in [5.41, 5.74) is 0.251. The van der Waals surface area contributed by atoms with E-state index in [0.717, 1.165) is 0 Å². The lowest BCUT2D eigenvalue weighted by atomic mass is 9.96. The molecule has 1 fully saturated rings. The summed E-state index contributed by atoms with van der Waals surface area (Å²) < 4.78 is 0. The van der Waals surface area contributed by atoms with Crippen molar-refractivity contribution in [1.82, 2.24) is 15.2 Å². The van der Waals surface area contributed by atoms with Crippen molar-refractivity contribution >= 4 is 17.5 Å². The van der Waals surface area contributed by atoms with E-state index >= 15 is 0 Å². The van der Waals surface area contributed by atoms with Crippen LogP contribution in [0.25, 0.3) is 0 Å². The van der Waals surface area contributed by atoms with Crippen LogP contribution in [0, 0.1) is 5.92 Å². The van der Waals surface area contributed by atoms with Crippen LogP contribution in [0.1, 0.15) is 37.2 Å². The van der Waals surface area contributed by atoms with Crippen LogP contribution in [0.4, 0.5) is 0 Å². The fourth-order valence-electron chi connectivity index (χ4n) is 2.93. The third-order valence-electron chi connectivity index (χ3n) is 4.26. The fourth-order valence-corrected chi connectivity index (χ4v) is 2.93. The van der Waals surface area contributed by atoms with Crippen LogP contribution in [0.5, 0.6) is 0 Å². The molecule has 3 heterocycles. The molecule has 1 N–H and O–H groups in total. The molecule has 0 aromatic carbocycles. The number of hydrogen-bond acceptors (Lipinski definition) is 5. The Bertz CT molecular complexity index is 659. The van der Waals surface area contributed by atoms with E-state index in [-0.39, 0.29) is 11.8 Å². The molecule has 2 amide bonds. The van der Waals surface area contributed by atoms with Gasteiger partial charge in [0.05, 0.1) is 6.54 Å². The zero-order chi connectivity index (χ0) is 17.2. The van der Waals surface area contributed by atoms with Gasteiger partial charge in [-0.25, -0.2) is 0 Å². The van der Waals surface area contributed by atoms with Crippen molar-refractivity contribution in [2.45, 2.75) is 32.3 Å². The molecule has 24 heavy (non-hydrogen) atoms. The maximum absolute atomic E-state index is 12.5. The summed E-state index contributed by atoms with van der Waals surface area (Å²) in [7, 11) is 0. The van der Waals surface area contributed by atoms with Gasteiger partial charge in [0.1, 0.15) is 11.4 Å². The highest BCUT2D eigenvalue weighted by molar-refractivity contribution is 6.39. The number of oxime groups is 1. The molecule has 0 unspecified atom stereocenters. The van der Waals surface area contributed by atoms with Gasteiger partial charge in [-0.2, -0.15) is 0 Å². The Morgan fingerprint density at radius 1 is 1.42 bits per heavy atom. The molecular formula is C17H22N4O3. The minimum Gasteiger partial charge on any atom is -0.386 e. The zero-order valence-electron chi connectivity index (χ0n) is 14.0. The summed E-state index contributed by atoms with van der Waals surface area (Å²) in [6.07, 6.45) is 2.70. The van der Waals surface area contributed by atoms with Crippen LogP contribution >= 0.6 is 0 Å². The lowest BCUT2D eigenvalue weighted by Crippen LogP contribution is -2.39. The molecule has 0 bridgehead atoms. The molecule has 1 atom stereocenters. The van der Waals surface area contributed by atoms with Gasteiger partial charge in [0.15, 0.2) is 5.60 Å². The van der Waals surface area contributed by atoms with E-state index in [0.29, 0.717) is 49.8 Å². The summed E-state index contributed by atoms with van der Waals surface area (Å²) in [5, 5.41) is 6.82. The number of amides is 2. The molecule has 1 spiro atoms. The fraction of sp³-hybridized carbons (Fsp3) is 0.529. The molecule has 1 aromatic heterocycles. The van der Waals surface area contributed by atoms with E-state index in [2.05, 4.69) is 15.5 Å². The molecule has 2 aliphatic heterocycles. The number of nitrogens with zero attached hydrogens (tertiary/aromatic N) is 3. The number of aromatic nitrogens is 1. The van der Waals surface area contributed by atoms with Crippen molar-refractivity contribution in [2.75, 3.05) is 19.6 Å². The zero-order valence-corrected chi connectivity index (χ0v) is 14.0. The third kappa shape index (κ3) is 3.39. The van der Waals surface area contributed by atoms with E-state index in [1.807, 2.05) is 13.8 Å². The van der Waals surface area contributed by atoms with Crippen molar-refractivity contribution in [3.05, 3.63) is 30.1 Å². The maximum Gasteiger partial charge on any atom is 0.272 e. The second-order valence-corrected chi connectivity index (χ2v) is 6.78. The first kappa shape index (κ1) is 16.4. The van der Waals surface area contributed by atoms with Gasteiger partial charge in [-0.15, -0.1) is 0 Å². The number of carbonyl (C=O) groups is 2. The van der Waals surface area contributed by atoms with E-state index < -0.39 is 5.60 Å². The van der Waals surface area contributed by atoms with Gasteiger partial charge in [-0.05, 0) is 18.1 Å². The Balaban J connectivity index is 1.58. The second-order valence-electron chi connectivity index (χ2n) is 6.78. The highest BCUT2D eigenvalue weighted by Gasteiger charge is 2.48. The predicted molar refractivity (Wildman–Crippen MR) is 88.5 cm³/mol. The van der Waals surface area contributed by atoms with Crippen LogP contribution in [-0.2, 0) is 9.63 Å². The monoisotopic (exact) mass is 330 g/mol. The molecule has 1 saturated heterocycles. The normalized spacial score (nSPS) is 22.6. The number of hydrogen-bond donors (Lipinski definition) is 1. The first-order chi connectivity index (χ1) is 11.5. The number of carbonyl (C=O) groups excluding carboxylic acids is 2. The second kappa shape index (κ2) is 6.59. The van der Waals surface area contributed by atoms with Crippen LogP contribution in [0.15, 0.2) is 29.6 Å². The molecule has 128 valence electrons. The summed E-state index contributed by atoms with van der Waals surface area (Å²) in [6.45, 7) is 5.67. The Kier molecular flexibility index (Phi) is 4.51. The van der Waals surface area contributed by atoms with E-state index in [1.165, 1.54) is 0 Å². The van der Waals surface area contributed by atoms with Gasteiger partial charge in [0, 0.05) is 32.1 Å². The number of nitrogens with one attached hydrogen (secondary N) is 1. The minimum atomic E-state index is -0.574. The van der Waals surface area contributed by atoms with Crippen molar-refractivity contribution in [3.8, 4) is 0 Å². The average Bonchev–Trinajstić information content (AvgIpc) is 3.20. The van der Waals surface area contributed by atoms with Gasteiger partial charge in [-0.3, -0.25) is 14.6 Å². The molecule has 7 nitrogen and oxygen atoms in total. The summed E-state index contributed by atoms with van der Waals surface area (Å²) >= 11 is 0. The highest BCUT2D eigenvalue weighted by Crippen LogP contribution is 2.34. The lowest BCUT2D eigenvalue weighted by Gasteiger charge is -2.21. The molecule has 0 aliphatic carbocycles. The standard InChI is InChI=1S/C17H22N4O3/c1-12(2)10-19-15(22)14-9-17(24-20-14)6-8-21(11-17)16(23)13-5-3-4-7-18-13/h3-5,7,12H,6,8-11H2,1-2H3,(H,19,22)/t17-/m0/s1. The Hall–Kier alpha value is -2.44. The quantitative estimate of drug-likeness (QED) is 0.899. The van der Waals surface area contributed by atoms with Crippen molar-refractivity contribution in [3.63, 3.8) is 0 Å². The SMILES string of the molecule is CC(C)CNC(=O)C1=NO[C@@]2(CCN(C(=O)c3ccccn3)C2)C1. The lowest BCUT2D eigenvalue weighted by molar-refractivity contribution is -0.115.